The standard InChI is InChI=1S/C25H31N5O4/c1-7-25(15-26)11-13-30(22(25)32)20-10-12-27-23(29-20)28-17-8-9-18(19(14-17)33-16(2)3)21(31)34-24(4,5)6/h8-10,12,14,16H,7,11,13H2,1-6H3,(H,27,28,29)/t25-/m1/s1. The second-order valence-corrected chi connectivity index (χ2v) is 9.50. The lowest BCUT2D eigenvalue weighted by molar-refractivity contribution is -0.123. The lowest BCUT2D eigenvalue weighted by atomic mass is 9.85. The number of aromatic nitrogens is 2. The average molecular weight is 466 g/mol. The highest BCUT2D eigenvalue weighted by Gasteiger charge is 2.46. The molecule has 1 amide bonds. The van der Waals surface area contributed by atoms with Crippen molar-refractivity contribution < 1.29 is 19.1 Å². The summed E-state index contributed by atoms with van der Waals surface area (Å²) >= 11 is 0. The molecule has 0 saturated carbocycles. The summed E-state index contributed by atoms with van der Waals surface area (Å²) in [5.41, 5.74) is -0.712. The summed E-state index contributed by atoms with van der Waals surface area (Å²) in [6.45, 7) is 11.4. The van der Waals surface area contributed by atoms with Gasteiger partial charge in [-0.2, -0.15) is 10.2 Å². The highest BCUT2D eigenvalue weighted by Crippen LogP contribution is 2.37. The Morgan fingerprint density at radius 1 is 1.32 bits per heavy atom. The first-order chi connectivity index (χ1) is 16.0. The quantitative estimate of drug-likeness (QED) is 0.589. The van der Waals surface area contributed by atoms with Crippen LogP contribution in [0.4, 0.5) is 17.5 Å². The van der Waals surface area contributed by atoms with Crippen LogP contribution in [0.2, 0.25) is 0 Å². The largest absolute Gasteiger partial charge is 0.490 e. The predicted molar refractivity (Wildman–Crippen MR) is 128 cm³/mol. The normalized spacial score (nSPS) is 18.1. The molecule has 1 fully saturated rings. The van der Waals surface area contributed by atoms with Gasteiger partial charge < -0.3 is 14.8 Å². The summed E-state index contributed by atoms with van der Waals surface area (Å²) in [5, 5.41) is 12.6. The van der Waals surface area contributed by atoms with Crippen molar-refractivity contribution >= 4 is 29.3 Å². The van der Waals surface area contributed by atoms with Gasteiger partial charge in [0.25, 0.3) is 0 Å². The monoisotopic (exact) mass is 465 g/mol. The lowest BCUT2D eigenvalue weighted by Crippen LogP contribution is -2.33. The summed E-state index contributed by atoms with van der Waals surface area (Å²) in [5.74, 6) is 0.365. The fourth-order valence-electron chi connectivity index (χ4n) is 3.64. The van der Waals surface area contributed by atoms with Crippen molar-refractivity contribution in [2.45, 2.75) is 66.1 Å². The van der Waals surface area contributed by atoms with Gasteiger partial charge in [-0.15, -0.1) is 0 Å². The molecule has 0 spiro atoms. The highest BCUT2D eigenvalue weighted by molar-refractivity contribution is 6.01. The van der Waals surface area contributed by atoms with Gasteiger partial charge in [-0.3, -0.25) is 9.69 Å². The van der Waals surface area contributed by atoms with E-state index in [9.17, 15) is 14.9 Å². The number of nitrogens with one attached hydrogen (secondary N) is 1. The number of hydrogen-bond donors (Lipinski definition) is 1. The number of anilines is 3. The minimum absolute atomic E-state index is 0.156. The Kier molecular flexibility index (Phi) is 7.10. The molecule has 1 aliphatic rings. The van der Waals surface area contributed by atoms with Crippen LogP contribution >= 0.6 is 0 Å². The van der Waals surface area contributed by atoms with Crippen LogP contribution in [0, 0.1) is 16.7 Å². The molecular weight excluding hydrogens is 434 g/mol. The van der Waals surface area contributed by atoms with Gasteiger partial charge in [0.15, 0.2) is 0 Å². The van der Waals surface area contributed by atoms with E-state index in [1.54, 1.807) is 51.2 Å². The van der Waals surface area contributed by atoms with Gasteiger partial charge >= 0.3 is 5.97 Å². The number of benzene rings is 1. The topological polar surface area (TPSA) is 117 Å². The molecule has 0 radical (unpaired) electrons. The smallest absolute Gasteiger partial charge is 0.342 e. The molecule has 0 aliphatic carbocycles. The molecule has 1 aliphatic heterocycles. The third-order valence-electron chi connectivity index (χ3n) is 5.37. The van der Waals surface area contributed by atoms with Gasteiger partial charge in [0, 0.05) is 24.5 Å². The fourth-order valence-corrected chi connectivity index (χ4v) is 3.64. The third-order valence-corrected chi connectivity index (χ3v) is 5.37. The second kappa shape index (κ2) is 9.67. The molecular formula is C25H31N5O4. The number of carbonyl (C=O) groups excluding carboxylic acids is 2. The van der Waals surface area contributed by atoms with E-state index in [0.717, 1.165) is 0 Å². The van der Waals surface area contributed by atoms with E-state index >= 15 is 0 Å². The van der Waals surface area contributed by atoms with Crippen LogP contribution in [0.25, 0.3) is 0 Å². The molecule has 2 heterocycles. The van der Waals surface area contributed by atoms with E-state index in [0.29, 0.717) is 42.2 Å². The lowest BCUT2D eigenvalue weighted by Gasteiger charge is -2.21. The first kappa shape index (κ1) is 25.0. The van der Waals surface area contributed by atoms with Gasteiger partial charge in [0.05, 0.1) is 12.2 Å². The number of rotatable bonds is 7. The zero-order chi connectivity index (χ0) is 25.1. The van der Waals surface area contributed by atoms with E-state index in [2.05, 4.69) is 21.4 Å². The molecule has 34 heavy (non-hydrogen) atoms. The zero-order valence-corrected chi connectivity index (χ0v) is 20.5. The number of amides is 1. The van der Waals surface area contributed by atoms with Crippen LogP contribution in [-0.2, 0) is 9.53 Å². The van der Waals surface area contributed by atoms with Gasteiger partial charge in [0.2, 0.25) is 11.9 Å². The fraction of sp³-hybridized carbons (Fsp3) is 0.480. The Morgan fingerprint density at radius 2 is 2.06 bits per heavy atom. The number of nitrogens with zero attached hydrogens (tertiary/aromatic N) is 4. The maximum Gasteiger partial charge on any atom is 0.342 e. The first-order valence-electron chi connectivity index (χ1n) is 11.4. The molecule has 2 aromatic rings. The molecule has 180 valence electrons. The molecule has 0 bridgehead atoms. The molecule has 9 nitrogen and oxygen atoms in total. The van der Waals surface area contributed by atoms with E-state index < -0.39 is 17.0 Å². The average Bonchev–Trinajstić information content (AvgIpc) is 3.09. The van der Waals surface area contributed by atoms with E-state index in [4.69, 9.17) is 9.47 Å². The van der Waals surface area contributed by atoms with Crippen molar-refractivity contribution in [2.24, 2.45) is 5.41 Å². The summed E-state index contributed by atoms with van der Waals surface area (Å²) in [7, 11) is 0. The van der Waals surface area contributed by atoms with Gasteiger partial charge in [0.1, 0.15) is 28.1 Å². The third kappa shape index (κ3) is 5.45. The maximum atomic E-state index is 12.9. The number of ether oxygens (including phenoxy) is 2. The molecule has 1 aromatic carbocycles. The molecule has 0 unspecified atom stereocenters. The number of carbonyl (C=O) groups is 2. The van der Waals surface area contributed by atoms with E-state index in [1.165, 1.54) is 4.90 Å². The van der Waals surface area contributed by atoms with Gasteiger partial charge in [-0.1, -0.05) is 6.92 Å². The number of nitriles is 1. The Bertz CT molecular complexity index is 1120. The molecule has 1 aromatic heterocycles. The van der Waals surface area contributed by atoms with Crippen LogP contribution in [0.1, 0.15) is 64.7 Å². The van der Waals surface area contributed by atoms with Crippen molar-refractivity contribution in [1.82, 2.24) is 9.97 Å². The van der Waals surface area contributed by atoms with E-state index in [1.807, 2.05) is 20.8 Å². The van der Waals surface area contributed by atoms with Crippen LogP contribution in [0.3, 0.4) is 0 Å². The number of esters is 1. The molecule has 1 saturated heterocycles. The zero-order valence-electron chi connectivity index (χ0n) is 20.5. The highest BCUT2D eigenvalue weighted by atomic mass is 16.6. The second-order valence-electron chi connectivity index (χ2n) is 9.50. The summed E-state index contributed by atoms with van der Waals surface area (Å²) in [4.78, 5) is 35.8. The number of hydrogen-bond acceptors (Lipinski definition) is 8. The summed E-state index contributed by atoms with van der Waals surface area (Å²) < 4.78 is 11.4. The Balaban J connectivity index is 1.85. The Labute approximate surface area is 200 Å². The van der Waals surface area contributed by atoms with Crippen molar-refractivity contribution in [2.75, 3.05) is 16.8 Å². The van der Waals surface area contributed by atoms with Crippen LogP contribution < -0.4 is 15.0 Å². The SMILES string of the molecule is CC[C@]1(C#N)CCN(c2ccnc(Nc3ccc(C(=O)OC(C)(C)C)c(OC(C)C)c3)n2)C1=O. The first-order valence-corrected chi connectivity index (χ1v) is 11.4. The summed E-state index contributed by atoms with van der Waals surface area (Å²) in [6, 6.07) is 8.85. The molecule has 1 N–H and O–H groups in total. The Hall–Kier alpha value is -3.67. The van der Waals surface area contributed by atoms with Crippen LogP contribution in [-0.4, -0.2) is 40.1 Å². The molecule has 9 heteroatoms. The molecule has 1 atom stereocenters. The minimum atomic E-state index is -1.00. The van der Waals surface area contributed by atoms with E-state index in [-0.39, 0.29) is 18.0 Å². The summed E-state index contributed by atoms with van der Waals surface area (Å²) in [6.07, 6.45) is 2.32. The van der Waals surface area contributed by atoms with Gasteiger partial charge in [-0.25, -0.2) is 9.78 Å². The van der Waals surface area contributed by atoms with Crippen molar-refractivity contribution in [1.29, 1.82) is 5.26 Å². The maximum absolute atomic E-state index is 12.9. The van der Waals surface area contributed by atoms with Crippen LogP contribution in [0.15, 0.2) is 30.5 Å². The van der Waals surface area contributed by atoms with Crippen molar-refractivity contribution in [3.63, 3.8) is 0 Å². The predicted octanol–water partition coefficient (Wildman–Crippen LogP) is 4.62. The van der Waals surface area contributed by atoms with Crippen LogP contribution in [0.5, 0.6) is 5.75 Å². The minimum Gasteiger partial charge on any atom is -0.490 e. The van der Waals surface area contributed by atoms with Crippen molar-refractivity contribution in [3.8, 4) is 11.8 Å². The Morgan fingerprint density at radius 3 is 2.65 bits per heavy atom. The molecule has 3 rings (SSSR count). The van der Waals surface area contributed by atoms with Crippen molar-refractivity contribution in [3.05, 3.63) is 36.0 Å². The van der Waals surface area contributed by atoms with Gasteiger partial charge in [-0.05, 0) is 65.7 Å².